The molecule has 0 saturated heterocycles. The van der Waals surface area contributed by atoms with Crippen LogP contribution in [-0.4, -0.2) is 29.7 Å². The molecule has 96 valence electrons. The van der Waals surface area contributed by atoms with Gasteiger partial charge in [-0.05, 0) is 19.1 Å². The maximum absolute atomic E-state index is 12.2. The normalized spacial score (nSPS) is 10.9. The molecule has 0 bridgehead atoms. The number of hydrogen-bond acceptors (Lipinski definition) is 2. The van der Waals surface area contributed by atoms with Crippen LogP contribution in [-0.2, 0) is 11.4 Å². The van der Waals surface area contributed by atoms with Gasteiger partial charge in [0.15, 0.2) is 0 Å². The lowest BCUT2D eigenvalue weighted by Crippen LogP contribution is -2.27. The van der Waals surface area contributed by atoms with Gasteiger partial charge in [-0.2, -0.15) is 0 Å². The van der Waals surface area contributed by atoms with Crippen molar-refractivity contribution in [3.8, 4) is 0 Å². The van der Waals surface area contributed by atoms with E-state index in [0.717, 1.165) is 10.9 Å². The number of para-hydroxylation sites is 1. The van der Waals surface area contributed by atoms with Crippen molar-refractivity contribution in [2.24, 2.45) is 0 Å². The number of carbonyl (C=O) groups excluding carboxylic acids is 1. The van der Waals surface area contributed by atoms with E-state index in [1.807, 2.05) is 35.8 Å². The molecule has 0 aliphatic carbocycles. The molecule has 1 heterocycles. The number of aryl methyl sites for hydroxylation is 1. The van der Waals surface area contributed by atoms with Crippen molar-refractivity contribution >= 4 is 28.4 Å². The minimum absolute atomic E-state index is 0.188. The number of nitrogens with zero attached hydrogens (tertiary/aromatic N) is 2. The third kappa shape index (κ3) is 1.98. The molecule has 18 heavy (non-hydrogen) atoms. The summed E-state index contributed by atoms with van der Waals surface area (Å²) in [6.07, 6.45) is 0. The molecule has 0 aliphatic rings. The van der Waals surface area contributed by atoms with E-state index in [4.69, 9.17) is 16.4 Å². The number of hydroxylamine groups is 2. The Bertz CT molecular complexity index is 592. The summed E-state index contributed by atoms with van der Waals surface area (Å²) in [5, 5.41) is 2.81. The molecule has 0 spiro atoms. The first-order valence-corrected chi connectivity index (χ1v) is 6.07. The van der Waals surface area contributed by atoms with Gasteiger partial charge in [0.2, 0.25) is 0 Å². The molecule has 0 saturated carbocycles. The second kappa shape index (κ2) is 5.00. The third-order valence-electron chi connectivity index (χ3n) is 2.97. The molecule has 0 N–H and O–H groups in total. The van der Waals surface area contributed by atoms with Gasteiger partial charge in [-0.3, -0.25) is 9.63 Å². The van der Waals surface area contributed by atoms with E-state index in [0.29, 0.717) is 17.3 Å². The monoisotopic (exact) mass is 266 g/mol. The lowest BCUT2D eigenvalue weighted by molar-refractivity contribution is -0.0762. The standard InChI is InChI=1S/C13H15ClN2O2/c1-4-16-11(13(17)15(2)18-3)8-9-6-5-7-10(14)12(9)16/h5-8H,4H2,1-3H3. The lowest BCUT2D eigenvalue weighted by atomic mass is 10.2. The summed E-state index contributed by atoms with van der Waals surface area (Å²) < 4.78 is 1.90. The van der Waals surface area contributed by atoms with E-state index in [-0.39, 0.29) is 5.91 Å². The summed E-state index contributed by atoms with van der Waals surface area (Å²) in [7, 11) is 3.05. The number of benzene rings is 1. The fourth-order valence-corrected chi connectivity index (χ4v) is 2.31. The first-order valence-electron chi connectivity index (χ1n) is 5.70. The van der Waals surface area contributed by atoms with Crippen LogP contribution in [0.5, 0.6) is 0 Å². The van der Waals surface area contributed by atoms with Gasteiger partial charge >= 0.3 is 0 Å². The zero-order chi connectivity index (χ0) is 13.3. The summed E-state index contributed by atoms with van der Waals surface area (Å²) in [5.41, 5.74) is 1.46. The van der Waals surface area contributed by atoms with Gasteiger partial charge in [0.25, 0.3) is 5.91 Å². The van der Waals surface area contributed by atoms with Crippen LogP contribution in [0.15, 0.2) is 24.3 Å². The maximum atomic E-state index is 12.2. The average Bonchev–Trinajstić information content (AvgIpc) is 2.76. The van der Waals surface area contributed by atoms with Gasteiger partial charge in [0.05, 0.1) is 17.6 Å². The third-order valence-corrected chi connectivity index (χ3v) is 3.27. The number of carbonyl (C=O) groups is 1. The Kier molecular flexibility index (Phi) is 3.59. The molecule has 0 radical (unpaired) electrons. The molecule has 1 amide bonds. The fourth-order valence-electron chi connectivity index (χ4n) is 2.03. The van der Waals surface area contributed by atoms with Crippen molar-refractivity contribution in [2.75, 3.05) is 14.2 Å². The molecule has 4 nitrogen and oxygen atoms in total. The second-order valence-electron chi connectivity index (χ2n) is 3.94. The van der Waals surface area contributed by atoms with Gasteiger partial charge in [-0.1, -0.05) is 23.7 Å². The second-order valence-corrected chi connectivity index (χ2v) is 4.34. The van der Waals surface area contributed by atoms with Crippen molar-refractivity contribution in [2.45, 2.75) is 13.5 Å². The Balaban J connectivity index is 2.65. The Morgan fingerprint density at radius 1 is 1.50 bits per heavy atom. The van der Waals surface area contributed by atoms with E-state index in [1.54, 1.807) is 7.05 Å². The highest BCUT2D eigenvalue weighted by molar-refractivity contribution is 6.35. The SMILES string of the molecule is CCn1c(C(=O)N(C)OC)cc2cccc(Cl)c21. The Morgan fingerprint density at radius 2 is 2.22 bits per heavy atom. The minimum atomic E-state index is -0.188. The van der Waals surface area contributed by atoms with E-state index in [1.165, 1.54) is 12.2 Å². The van der Waals surface area contributed by atoms with Crippen molar-refractivity contribution in [3.63, 3.8) is 0 Å². The zero-order valence-electron chi connectivity index (χ0n) is 10.6. The maximum Gasteiger partial charge on any atom is 0.293 e. The molecule has 1 aromatic carbocycles. The summed E-state index contributed by atoms with van der Waals surface area (Å²) in [4.78, 5) is 17.1. The molecule has 0 fully saturated rings. The molecule has 0 unspecified atom stereocenters. The molecule has 2 rings (SSSR count). The van der Waals surface area contributed by atoms with Crippen LogP contribution in [0.2, 0.25) is 5.02 Å². The Hall–Kier alpha value is -1.52. The van der Waals surface area contributed by atoms with Crippen LogP contribution < -0.4 is 0 Å². The zero-order valence-corrected chi connectivity index (χ0v) is 11.4. The van der Waals surface area contributed by atoms with E-state index in [9.17, 15) is 4.79 Å². The summed E-state index contributed by atoms with van der Waals surface area (Å²) in [5.74, 6) is -0.188. The van der Waals surface area contributed by atoms with Crippen molar-refractivity contribution in [3.05, 3.63) is 35.0 Å². The largest absolute Gasteiger partial charge is 0.335 e. The smallest absolute Gasteiger partial charge is 0.293 e. The van der Waals surface area contributed by atoms with Gasteiger partial charge in [-0.25, -0.2) is 5.06 Å². The van der Waals surface area contributed by atoms with Crippen LogP contribution in [0, 0.1) is 0 Å². The van der Waals surface area contributed by atoms with Crippen LogP contribution >= 0.6 is 11.6 Å². The van der Waals surface area contributed by atoms with Crippen LogP contribution in [0.3, 0.4) is 0 Å². The van der Waals surface area contributed by atoms with Gasteiger partial charge in [0.1, 0.15) is 5.69 Å². The van der Waals surface area contributed by atoms with Crippen LogP contribution in [0.4, 0.5) is 0 Å². The molecular weight excluding hydrogens is 252 g/mol. The Morgan fingerprint density at radius 3 is 2.83 bits per heavy atom. The summed E-state index contributed by atoms with van der Waals surface area (Å²) >= 11 is 6.20. The molecule has 1 aromatic heterocycles. The molecule has 2 aromatic rings. The number of halogens is 1. The number of amides is 1. The first-order chi connectivity index (χ1) is 8.60. The predicted octanol–water partition coefficient (Wildman–Crippen LogP) is 2.95. The molecule has 5 heteroatoms. The Labute approximate surface area is 111 Å². The molecular formula is C13H15ClN2O2. The van der Waals surface area contributed by atoms with Crippen molar-refractivity contribution in [1.29, 1.82) is 0 Å². The fraction of sp³-hybridized carbons (Fsp3) is 0.308. The molecule has 0 atom stereocenters. The van der Waals surface area contributed by atoms with E-state index in [2.05, 4.69) is 0 Å². The van der Waals surface area contributed by atoms with Gasteiger partial charge in [0, 0.05) is 19.0 Å². The number of rotatable bonds is 3. The summed E-state index contributed by atoms with van der Waals surface area (Å²) in [6, 6.07) is 7.48. The number of aromatic nitrogens is 1. The van der Waals surface area contributed by atoms with Crippen LogP contribution in [0.1, 0.15) is 17.4 Å². The quantitative estimate of drug-likeness (QED) is 0.801. The highest BCUT2D eigenvalue weighted by Crippen LogP contribution is 2.27. The average molecular weight is 267 g/mol. The van der Waals surface area contributed by atoms with Crippen molar-refractivity contribution in [1.82, 2.24) is 9.63 Å². The van der Waals surface area contributed by atoms with Gasteiger partial charge in [-0.15, -0.1) is 0 Å². The van der Waals surface area contributed by atoms with E-state index < -0.39 is 0 Å². The lowest BCUT2D eigenvalue weighted by Gasteiger charge is -2.15. The highest BCUT2D eigenvalue weighted by atomic mass is 35.5. The highest BCUT2D eigenvalue weighted by Gasteiger charge is 2.19. The number of hydrogen-bond donors (Lipinski definition) is 0. The minimum Gasteiger partial charge on any atom is -0.335 e. The molecule has 0 aliphatic heterocycles. The van der Waals surface area contributed by atoms with Gasteiger partial charge < -0.3 is 4.57 Å². The summed E-state index contributed by atoms with van der Waals surface area (Å²) in [6.45, 7) is 2.65. The number of fused-ring (bicyclic) bond motifs is 1. The first kappa shape index (κ1) is 12.9. The van der Waals surface area contributed by atoms with Crippen LogP contribution in [0.25, 0.3) is 10.9 Å². The topological polar surface area (TPSA) is 34.5 Å². The van der Waals surface area contributed by atoms with Crippen molar-refractivity contribution < 1.29 is 9.63 Å². The predicted molar refractivity (Wildman–Crippen MR) is 71.7 cm³/mol. The van der Waals surface area contributed by atoms with E-state index >= 15 is 0 Å².